The molecule has 8 heteroatoms. The van der Waals surface area contributed by atoms with E-state index in [1.54, 1.807) is 6.20 Å². The average molecular weight is 411 g/mol. The van der Waals surface area contributed by atoms with Crippen LogP contribution in [0.4, 0.5) is 11.8 Å². The van der Waals surface area contributed by atoms with Crippen LogP contribution in [-0.2, 0) is 6.54 Å². The van der Waals surface area contributed by atoms with Crippen LogP contribution < -0.4 is 15.5 Å². The molecule has 2 N–H and O–H groups in total. The zero-order chi connectivity index (χ0) is 17.2. The Labute approximate surface area is 173 Å². The van der Waals surface area contributed by atoms with Crippen molar-refractivity contribution in [3.63, 3.8) is 0 Å². The predicted octanol–water partition coefficient (Wildman–Crippen LogP) is 3.16. The van der Waals surface area contributed by atoms with Crippen LogP contribution in [0.3, 0.4) is 0 Å². The van der Waals surface area contributed by atoms with Crippen molar-refractivity contribution in [1.29, 1.82) is 0 Å². The highest BCUT2D eigenvalue weighted by Gasteiger charge is 2.30. The van der Waals surface area contributed by atoms with Crippen LogP contribution in [0.15, 0.2) is 30.6 Å². The minimum atomic E-state index is 0. The molecule has 1 saturated heterocycles. The van der Waals surface area contributed by atoms with Crippen LogP contribution in [0.1, 0.15) is 42.9 Å². The summed E-state index contributed by atoms with van der Waals surface area (Å²) in [4.78, 5) is 18.4. The monoisotopic (exact) mass is 410 g/mol. The summed E-state index contributed by atoms with van der Waals surface area (Å²) < 4.78 is 0. The van der Waals surface area contributed by atoms with Crippen LogP contribution in [-0.4, -0.2) is 41.1 Å². The van der Waals surface area contributed by atoms with Gasteiger partial charge < -0.3 is 15.5 Å². The highest BCUT2D eigenvalue weighted by Crippen LogP contribution is 2.36. The van der Waals surface area contributed by atoms with E-state index in [2.05, 4.69) is 34.0 Å². The van der Waals surface area contributed by atoms with Gasteiger partial charge in [0.15, 0.2) is 0 Å². The maximum absolute atomic E-state index is 6.00. The molecule has 0 bridgehead atoms. The van der Waals surface area contributed by atoms with Gasteiger partial charge in [-0.05, 0) is 37.3 Å². The van der Waals surface area contributed by atoms with Crippen LogP contribution in [0.5, 0.6) is 0 Å². The van der Waals surface area contributed by atoms with E-state index in [0.29, 0.717) is 12.0 Å². The Morgan fingerprint density at radius 1 is 1.19 bits per heavy atom. The Hall–Kier alpha value is -1.63. The van der Waals surface area contributed by atoms with Gasteiger partial charge in [-0.15, -0.1) is 24.8 Å². The molecule has 1 aliphatic carbocycles. The van der Waals surface area contributed by atoms with E-state index in [-0.39, 0.29) is 24.8 Å². The fourth-order valence-corrected chi connectivity index (χ4v) is 3.65. The molecule has 148 valence electrons. The second-order valence-electron chi connectivity index (χ2n) is 7.29. The third kappa shape index (κ3) is 5.00. The smallest absolute Gasteiger partial charge is 0.227 e. The number of aromatic nitrogens is 3. The molecule has 0 radical (unpaired) electrons. The lowest BCUT2D eigenvalue weighted by Crippen LogP contribution is -2.35. The number of hydrogen-bond acceptors (Lipinski definition) is 6. The SMILES string of the molecule is CN(Cc1cccnc1)c1cc(C2CC(N)C2)nc(N2CCCC2)n1.Cl.Cl. The molecule has 4 rings (SSSR count). The summed E-state index contributed by atoms with van der Waals surface area (Å²) in [6.45, 7) is 2.90. The van der Waals surface area contributed by atoms with Crippen LogP contribution >= 0.6 is 24.8 Å². The lowest BCUT2D eigenvalue weighted by atomic mass is 9.78. The van der Waals surface area contributed by atoms with Gasteiger partial charge in [-0.1, -0.05) is 6.07 Å². The molecule has 2 aromatic heterocycles. The first-order valence-electron chi connectivity index (χ1n) is 9.18. The number of pyridine rings is 1. The summed E-state index contributed by atoms with van der Waals surface area (Å²) in [5, 5.41) is 0. The number of rotatable bonds is 5. The van der Waals surface area contributed by atoms with E-state index in [9.17, 15) is 0 Å². The Balaban J connectivity index is 0.00000131. The van der Waals surface area contributed by atoms with Crippen molar-refractivity contribution in [3.05, 3.63) is 41.9 Å². The van der Waals surface area contributed by atoms with Gasteiger partial charge in [0.1, 0.15) is 5.82 Å². The van der Waals surface area contributed by atoms with Gasteiger partial charge in [0.25, 0.3) is 0 Å². The van der Waals surface area contributed by atoms with Gasteiger partial charge in [0, 0.05) is 57.1 Å². The predicted molar refractivity (Wildman–Crippen MR) is 114 cm³/mol. The molecule has 0 spiro atoms. The molecule has 0 atom stereocenters. The molecule has 27 heavy (non-hydrogen) atoms. The summed E-state index contributed by atoms with van der Waals surface area (Å²) in [5.41, 5.74) is 8.32. The van der Waals surface area contributed by atoms with Crippen molar-refractivity contribution >= 4 is 36.6 Å². The van der Waals surface area contributed by atoms with E-state index < -0.39 is 0 Å². The Bertz CT molecular complexity index is 717. The van der Waals surface area contributed by atoms with Gasteiger partial charge in [0.2, 0.25) is 5.95 Å². The number of halogens is 2. The van der Waals surface area contributed by atoms with Gasteiger partial charge in [-0.3, -0.25) is 4.98 Å². The first-order valence-corrected chi connectivity index (χ1v) is 9.18. The van der Waals surface area contributed by atoms with Crippen molar-refractivity contribution in [2.24, 2.45) is 5.73 Å². The lowest BCUT2D eigenvalue weighted by Gasteiger charge is -2.33. The fourth-order valence-electron chi connectivity index (χ4n) is 3.65. The van der Waals surface area contributed by atoms with E-state index >= 15 is 0 Å². The Morgan fingerprint density at radius 2 is 1.93 bits per heavy atom. The van der Waals surface area contributed by atoms with Crippen molar-refractivity contribution in [2.45, 2.75) is 44.2 Å². The quantitative estimate of drug-likeness (QED) is 0.815. The molecular formula is C19H28Cl2N6. The molecular weight excluding hydrogens is 383 g/mol. The maximum atomic E-state index is 6.00. The molecule has 2 aliphatic rings. The van der Waals surface area contributed by atoms with Gasteiger partial charge in [0.05, 0.1) is 5.69 Å². The molecule has 1 saturated carbocycles. The standard InChI is InChI=1S/C19H26N6.2ClH/c1-24(13-14-5-4-6-21-12-14)18-11-17(15-9-16(20)10-15)22-19(23-18)25-7-2-3-8-25;;/h4-6,11-12,15-16H,2-3,7-10,13,20H2,1H3;2*1H. The summed E-state index contributed by atoms with van der Waals surface area (Å²) in [6.07, 6.45) is 8.22. The number of hydrogen-bond donors (Lipinski definition) is 1. The van der Waals surface area contributed by atoms with E-state index in [0.717, 1.165) is 49.9 Å². The first-order chi connectivity index (χ1) is 12.2. The lowest BCUT2D eigenvalue weighted by molar-refractivity contribution is 0.345. The summed E-state index contributed by atoms with van der Waals surface area (Å²) in [7, 11) is 2.08. The Kier molecular flexibility index (Phi) is 7.65. The molecule has 0 aromatic carbocycles. The zero-order valence-corrected chi connectivity index (χ0v) is 17.3. The third-order valence-electron chi connectivity index (χ3n) is 5.24. The Morgan fingerprint density at radius 3 is 2.56 bits per heavy atom. The van der Waals surface area contributed by atoms with Gasteiger partial charge in [-0.2, -0.15) is 4.98 Å². The molecule has 0 unspecified atom stereocenters. The number of nitrogens with two attached hydrogens (primary N) is 1. The molecule has 2 fully saturated rings. The van der Waals surface area contributed by atoms with Crippen LogP contribution in [0.25, 0.3) is 0 Å². The molecule has 6 nitrogen and oxygen atoms in total. The second-order valence-corrected chi connectivity index (χ2v) is 7.29. The molecule has 2 aromatic rings. The van der Waals surface area contributed by atoms with E-state index in [4.69, 9.17) is 15.7 Å². The minimum absolute atomic E-state index is 0. The molecule has 3 heterocycles. The van der Waals surface area contributed by atoms with Crippen molar-refractivity contribution in [1.82, 2.24) is 15.0 Å². The van der Waals surface area contributed by atoms with E-state index in [1.807, 2.05) is 12.3 Å². The average Bonchev–Trinajstić information content (AvgIpc) is 3.14. The molecule has 1 aliphatic heterocycles. The van der Waals surface area contributed by atoms with Crippen molar-refractivity contribution in [3.8, 4) is 0 Å². The minimum Gasteiger partial charge on any atom is -0.355 e. The van der Waals surface area contributed by atoms with Crippen molar-refractivity contribution < 1.29 is 0 Å². The summed E-state index contributed by atoms with van der Waals surface area (Å²) >= 11 is 0. The van der Waals surface area contributed by atoms with Gasteiger partial charge >= 0.3 is 0 Å². The van der Waals surface area contributed by atoms with Crippen LogP contribution in [0.2, 0.25) is 0 Å². The topological polar surface area (TPSA) is 71.2 Å². The fraction of sp³-hybridized carbons (Fsp3) is 0.526. The highest BCUT2D eigenvalue weighted by atomic mass is 35.5. The van der Waals surface area contributed by atoms with Crippen molar-refractivity contribution in [2.75, 3.05) is 29.9 Å². The molecule has 0 amide bonds. The largest absolute Gasteiger partial charge is 0.355 e. The highest BCUT2D eigenvalue weighted by molar-refractivity contribution is 5.85. The normalized spacial score (nSPS) is 21.0. The third-order valence-corrected chi connectivity index (χ3v) is 5.24. The number of anilines is 2. The summed E-state index contributed by atoms with van der Waals surface area (Å²) in [5.74, 6) is 2.34. The zero-order valence-electron chi connectivity index (χ0n) is 15.6. The number of nitrogens with zero attached hydrogens (tertiary/aromatic N) is 5. The first kappa shape index (κ1) is 21.7. The van der Waals surface area contributed by atoms with Crippen LogP contribution in [0, 0.1) is 0 Å². The summed E-state index contributed by atoms with van der Waals surface area (Å²) in [6, 6.07) is 6.54. The second kappa shape index (κ2) is 9.53. The maximum Gasteiger partial charge on any atom is 0.227 e. The van der Waals surface area contributed by atoms with E-state index in [1.165, 1.54) is 18.4 Å². The van der Waals surface area contributed by atoms with Gasteiger partial charge in [-0.25, -0.2) is 4.98 Å².